The van der Waals surface area contributed by atoms with E-state index in [0.29, 0.717) is 28.2 Å². The molecule has 0 saturated carbocycles. The predicted octanol–water partition coefficient (Wildman–Crippen LogP) is 6.82. The Morgan fingerprint density at radius 1 is 1.00 bits per heavy atom. The minimum Gasteiger partial charge on any atom is -0.490 e. The molecule has 0 atom stereocenters. The van der Waals surface area contributed by atoms with E-state index in [9.17, 15) is 9.18 Å². The number of thioether (sulfide) groups is 1. The van der Waals surface area contributed by atoms with Crippen LogP contribution in [-0.2, 0) is 11.4 Å². The molecule has 0 bridgehead atoms. The highest BCUT2D eigenvalue weighted by atomic mass is 32.2. The number of nitrogens with zero attached hydrogens (tertiary/aromatic N) is 2. The summed E-state index contributed by atoms with van der Waals surface area (Å²) in [5, 5.41) is 0.655. The zero-order chi connectivity index (χ0) is 24.8. The average Bonchev–Trinajstić information content (AvgIpc) is 3.14. The Labute approximate surface area is 209 Å². The molecule has 1 aliphatic heterocycles. The zero-order valence-electron chi connectivity index (χ0n) is 19.9. The standard InChI is InChI=1S/C28H27FN2O3S/c1-4-33-25-16-20(13-14-24(25)34-18-21-9-8-10-22(29)15-21)17-26-27(32)31(19(2)3)28(35-26)30-23-11-6-5-7-12-23/h5-17,19H,4,18H2,1-3H3/b26-17+,30-28?. The third-order valence-corrected chi connectivity index (χ3v) is 6.17. The molecule has 5 nitrogen and oxygen atoms in total. The molecule has 0 unspecified atom stereocenters. The SMILES string of the molecule is CCOc1cc(/C=C2/SC(=Nc3ccccc3)N(C(C)C)C2=O)ccc1OCc1cccc(F)c1. The molecule has 35 heavy (non-hydrogen) atoms. The van der Waals surface area contributed by atoms with Gasteiger partial charge in [-0.25, -0.2) is 9.38 Å². The summed E-state index contributed by atoms with van der Waals surface area (Å²) in [7, 11) is 0. The van der Waals surface area contributed by atoms with Gasteiger partial charge in [-0.1, -0.05) is 36.4 Å². The van der Waals surface area contributed by atoms with Crippen LogP contribution in [0.15, 0.2) is 82.7 Å². The van der Waals surface area contributed by atoms with Gasteiger partial charge in [0.2, 0.25) is 0 Å². The summed E-state index contributed by atoms with van der Waals surface area (Å²) in [6.45, 7) is 6.51. The number of halogens is 1. The molecular weight excluding hydrogens is 463 g/mol. The highest BCUT2D eigenvalue weighted by Crippen LogP contribution is 2.37. The number of ether oxygens (including phenoxy) is 2. The molecule has 3 aromatic carbocycles. The molecular formula is C28H27FN2O3S. The van der Waals surface area contributed by atoms with Crippen LogP contribution >= 0.6 is 11.8 Å². The Morgan fingerprint density at radius 2 is 1.80 bits per heavy atom. The summed E-state index contributed by atoms with van der Waals surface area (Å²) in [4.78, 5) is 20.2. The van der Waals surface area contributed by atoms with Crippen molar-refractivity contribution in [2.24, 2.45) is 4.99 Å². The van der Waals surface area contributed by atoms with Crippen molar-refractivity contribution >= 4 is 34.6 Å². The fraction of sp³-hybridized carbons (Fsp3) is 0.214. The van der Waals surface area contributed by atoms with E-state index in [1.807, 2.05) is 69.3 Å². The fourth-order valence-corrected chi connectivity index (χ4v) is 4.69. The minimum atomic E-state index is -0.303. The predicted molar refractivity (Wildman–Crippen MR) is 139 cm³/mol. The Hall–Kier alpha value is -3.58. The summed E-state index contributed by atoms with van der Waals surface area (Å²) in [5.41, 5.74) is 2.34. The van der Waals surface area contributed by atoms with Crippen LogP contribution in [0.2, 0.25) is 0 Å². The van der Waals surface area contributed by atoms with Crippen molar-refractivity contribution in [3.63, 3.8) is 0 Å². The minimum absolute atomic E-state index is 0.0269. The number of amides is 1. The van der Waals surface area contributed by atoms with Crippen LogP contribution in [0.25, 0.3) is 6.08 Å². The number of para-hydroxylation sites is 1. The van der Waals surface area contributed by atoms with Crippen molar-refractivity contribution in [1.82, 2.24) is 4.90 Å². The molecule has 1 fully saturated rings. The van der Waals surface area contributed by atoms with Crippen molar-refractivity contribution in [2.75, 3.05) is 6.61 Å². The van der Waals surface area contributed by atoms with Crippen LogP contribution < -0.4 is 9.47 Å². The van der Waals surface area contributed by atoms with Gasteiger partial charge in [0, 0.05) is 6.04 Å². The quantitative estimate of drug-likeness (QED) is 0.325. The van der Waals surface area contributed by atoms with Gasteiger partial charge in [-0.2, -0.15) is 0 Å². The molecule has 0 aromatic heterocycles. The van der Waals surface area contributed by atoms with Gasteiger partial charge in [0.15, 0.2) is 16.7 Å². The first-order valence-electron chi connectivity index (χ1n) is 11.5. The first kappa shape index (κ1) is 24.5. The number of rotatable bonds is 8. The summed E-state index contributed by atoms with van der Waals surface area (Å²) in [6.07, 6.45) is 1.84. The first-order chi connectivity index (χ1) is 16.9. The molecule has 0 radical (unpaired) electrons. The van der Waals surface area contributed by atoms with Crippen molar-refractivity contribution in [2.45, 2.75) is 33.4 Å². The normalized spacial score (nSPS) is 15.9. The fourth-order valence-electron chi connectivity index (χ4n) is 3.57. The second-order valence-corrected chi connectivity index (χ2v) is 9.18. The van der Waals surface area contributed by atoms with Gasteiger partial charge >= 0.3 is 0 Å². The van der Waals surface area contributed by atoms with Gasteiger partial charge in [-0.05, 0) is 86.1 Å². The highest BCUT2D eigenvalue weighted by Gasteiger charge is 2.35. The van der Waals surface area contributed by atoms with E-state index in [-0.39, 0.29) is 24.4 Å². The maximum Gasteiger partial charge on any atom is 0.266 e. The lowest BCUT2D eigenvalue weighted by Crippen LogP contribution is -2.35. The molecule has 3 aromatic rings. The molecule has 7 heteroatoms. The van der Waals surface area contributed by atoms with Gasteiger partial charge < -0.3 is 9.47 Å². The van der Waals surface area contributed by atoms with Gasteiger partial charge in [-0.3, -0.25) is 9.69 Å². The number of benzene rings is 3. The summed E-state index contributed by atoms with van der Waals surface area (Å²) in [6, 6.07) is 21.4. The second-order valence-electron chi connectivity index (χ2n) is 8.17. The molecule has 4 rings (SSSR count). The molecule has 0 spiro atoms. The Kier molecular flexibility index (Phi) is 7.87. The lowest BCUT2D eigenvalue weighted by molar-refractivity contribution is -0.123. The zero-order valence-corrected chi connectivity index (χ0v) is 20.7. The maximum atomic E-state index is 13.5. The third kappa shape index (κ3) is 6.11. The molecule has 180 valence electrons. The third-order valence-electron chi connectivity index (χ3n) is 5.18. The van der Waals surface area contributed by atoms with Gasteiger partial charge in [-0.15, -0.1) is 0 Å². The van der Waals surface area contributed by atoms with Crippen molar-refractivity contribution in [1.29, 1.82) is 0 Å². The number of carbonyl (C=O) groups excluding carboxylic acids is 1. The second kappa shape index (κ2) is 11.2. The average molecular weight is 491 g/mol. The van der Waals surface area contributed by atoms with E-state index in [0.717, 1.165) is 16.8 Å². The maximum absolute atomic E-state index is 13.5. The van der Waals surface area contributed by atoms with Gasteiger partial charge in [0.1, 0.15) is 12.4 Å². The first-order valence-corrected chi connectivity index (χ1v) is 12.3. The van der Waals surface area contributed by atoms with Crippen LogP contribution in [0.1, 0.15) is 31.9 Å². The van der Waals surface area contributed by atoms with Crippen LogP contribution in [-0.4, -0.2) is 28.6 Å². The van der Waals surface area contributed by atoms with Crippen LogP contribution in [0.3, 0.4) is 0 Å². The topological polar surface area (TPSA) is 51.1 Å². The highest BCUT2D eigenvalue weighted by molar-refractivity contribution is 8.18. The molecule has 1 aliphatic rings. The van der Waals surface area contributed by atoms with Crippen LogP contribution in [0.4, 0.5) is 10.1 Å². The number of hydrogen-bond acceptors (Lipinski definition) is 5. The van der Waals surface area contributed by atoms with Crippen molar-refractivity contribution in [3.8, 4) is 11.5 Å². The summed E-state index contributed by atoms with van der Waals surface area (Å²) >= 11 is 1.36. The summed E-state index contributed by atoms with van der Waals surface area (Å²) in [5.74, 6) is 0.734. The molecule has 1 heterocycles. The largest absolute Gasteiger partial charge is 0.490 e. The summed E-state index contributed by atoms with van der Waals surface area (Å²) < 4.78 is 25.2. The van der Waals surface area contributed by atoms with Crippen molar-refractivity contribution < 1.29 is 18.7 Å². The lowest BCUT2D eigenvalue weighted by Gasteiger charge is -2.19. The van der Waals surface area contributed by atoms with E-state index in [2.05, 4.69) is 0 Å². The number of carbonyl (C=O) groups is 1. The molecule has 1 saturated heterocycles. The lowest BCUT2D eigenvalue weighted by atomic mass is 10.1. The Balaban J connectivity index is 1.58. The number of amidine groups is 1. The Morgan fingerprint density at radius 3 is 2.51 bits per heavy atom. The van der Waals surface area contributed by atoms with E-state index in [1.165, 1.54) is 23.9 Å². The molecule has 0 aliphatic carbocycles. The van der Waals surface area contributed by atoms with E-state index in [4.69, 9.17) is 14.5 Å². The van der Waals surface area contributed by atoms with Crippen molar-refractivity contribution in [3.05, 3.63) is 94.6 Å². The van der Waals surface area contributed by atoms with E-state index < -0.39 is 0 Å². The number of hydrogen-bond donors (Lipinski definition) is 0. The molecule has 1 amide bonds. The Bertz CT molecular complexity index is 1260. The van der Waals surface area contributed by atoms with Crippen LogP contribution in [0, 0.1) is 5.82 Å². The van der Waals surface area contributed by atoms with Crippen LogP contribution in [0.5, 0.6) is 11.5 Å². The molecule has 0 N–H and O–H groups in total. The monoisotopic (exact) mass is 490 g/mol. The van der Waals surface area contributed by atoms with Gasteiger partial charge in [0.25, 0.3) is 5.91 Å². The number of aliphatic imine (C=N–C) groups is 1. The van der Waals surface area contributed by atoms with E-state index in [1.54, 1.807) is 23.1 Å². The van der Waals surface area contributed by atoms with Gasteiger partial charge in [0.05, 0.1) is 17.2 Å². The van der Waals surface area contributed by atoms with E-state index >= 15 is 0 Å². The smallest absolute Gasteiger partial charge is 0.266 e.